The molecule has 1 amide bonds. The first kappa shape index (κ1) is 16.6. The van der Waals surface area contributed by atoms with Crippen molar-refractivity contribution in [2.45, 2.75) is 39.7 Å². The Morgan fingerprint density at radius 1 is 1.47 bits per heavy atom. The Morgan fingerprint density at radius 2 is 2.07 bits per heavy atom. The van der Waals surface area contributed by atoms with Gasteiger partial charge in [0.05, 0.1) is 6.61 Å². The molecule has 5 nitrogen and oxygen atoms in total. The quantitative estimate of drug-likeness (QED) is 0.639. The second-order valence-corrected chi connectivity index (χ2v) is 2.72. The fourth-order valence-corrected chi connectivity index (χ4v) is 0.776. The predicted molar refractivity (Wildman–Crippen MR) is 62.7 cm³/mol. The van der Waals surface area contributed by atoms with Crippen molar-refractivity contribution in [3.63, 3.8) is 0 Å². The lowest BCUT2D eigenvalue weighted by atomic mass is 10.3. The fraction of sp³-hybridized carbons (Fsp3) is 0.900. The van der Waals surface area contributed by atoms with Crippen molar-refractivity contribution < 1.29 is 15.7 Å². The number of carbonyl (C=O) groups excluding carboxylic acids is 1. The van der Waals surface area contributed by atoms with E-state index >= 15 is 0 Å². The highest BCUT2D eigenvalue weighted by atomic mass is 16.6. The van der Waals surface area contributed by atoms with Gasteiger partial charge in [0.2, 0.25) is 0 Å². The molecule has 0 aromatic heterocycles. The Kier molecular flexibility index (Phi) is 14.6. The molecule has 94 valence electrons. The third kappa shape index (κ3) is 13.2. The van der Waals surface area contributed by atoms with Crippen molar-refractivity contribution in [2.75, 3.05) is 19.8 Å². The van der Waals surface area contributed by atoms with Crippen LogP contribution in [0.4, 0.5) is 4.79 Å². The van der Waals surface area contributed by atoms with Crippen LogP contribution in [0.5, 0.6) is 0 Å². The summed E-state index contributed by atoms with van der Waals surface area (Å²) in [6, 6.07) is 0. The topological polar surface area (TPSA) is 87.6 Å². The third-order valence-corrected chi connectivity index (χ3v) is 1.49. The van der Waals surface area contributed by atoms with E-state index in [1.165, 1.54) is 0 Å². The van der Waals surface area contributed by atoms with Gasteiger partial charge in [-0.05, 0) is 6.42 Å². The molecule has 0 aliphatic rings. The van der Waals surface area contributed by atoms with E-state index in [1.807, 2.05) is 13.8 Å². The number of rotatable bonds is 7. The first-order chi connectivity index (χ1) is 7.20. The van der Waals surface area contributed by atoms with Crippen LogP contribution in [0, 0.1) is 0 Å². The van der Waals surface area contributed by atoms with Gasteiger partial charge in [-0.15, -0.1) is 0 Å². The van der Waals surface area contributed by atoms with Gasteiger partial charge in [0.1, 0.15) is 6.10 Å². The maximum atomic E-state index is 10.3. The van der Waals surface area contributed by atoms with E-state index in [1.54, 1.807) is 0 Å². The number of nitrogens with two attached hydrogens (primary N) is 2. The zero-order valence-corrected chi connectivity index (χ0v) is 9.99. The largest absolute Gasteiger partial charge is 0.443 e. The van der Waals surface area contributed by atoms with Gasteiger partial charge in [-0.3, -0.25) is 0 Å². The molecule has 0 heterocycles. The fourth-order valence-electron chi connectivity index (χ4n) is 0.776. The average Bonchev–Trinajstić information content (AvgIpc) is 2.25. The zero-order valence-electron chi connectivity index (χ0n) is 9.99. The number of ether oxygens (including phenoxy) is 2. The summed E-state index contributed by atoms with van der Waals surface area (Å²) in [5, 5.41) is 0. The van der Waals surface area contributed by atoms with E-state index in [0.717, 1.165) is 12.8 Å². The van der Waals surface area contributed by atoms with E-state index in [9.17, 15) is 4.79 Å². The number of primary amides is 1. The van der Waals surface area contributed by atoms with Gasteiger partial charge < -0.3 is 20.9 Å². The Labute approximate surface area is 93.6 Å². The Balaban J connectivity index is -0.000000529. The molecule has 1 unspecified atom stereocenters. The summed E-state index contributed by atoms with van der Waals surface area (Å²) in [4.78, 5) is 10.3. The van der Waals surface area contributed by atoms with Crippen LogP contribution in [0.2, 0.25) is 0 Å². The number of hydrogen-bond donors (Lipinski definition) is 2. The van der Waals surface area contributed by atoms with Crippen LogP contribution >= 0.6 is 0 Å². The molecular formula is C10H26N2O3. The van der Waals surface area contributed by atoms with E-state index in [-0.39, 0.29) is 7.97 Å². The summed E-state index contributed by atoms with van der Waals surface area (Å²) >= 11 is 0. The predicted octanol–water partition coefficient (Wildman–Crippen LogP) is 1.50. The minimum absolute atomic E-state index is 0. The molecule has 0 saturated carbocycles. The second-order valence-electron chi connectivity index (χ2n) is 2.72. The van der Waals surface area contributed by atoms with Crippen LogP contribution < -0.4 is 11.5 Å². The molecule has 0 spiro atoms. The molecule has 0 aromatic carbocycles. The van der Waals surface area contributed by atoms with Gasteiger partial charge in [0, 0.05) is 14.6 Å². The summed E-state index contributed by atoms with van der Waals surface area (Å²) in [6.45, 7) is 7.29. The molecule has 0 aromatic rings. The summed E-state index contributed by atoms with van der Waals surface area (Å²) < 4.78 is 9.88. The summed E-state index contributed by atoms with van der Waals surface area (Å²) in [6.07, 6.45) is 0.835. The molecular weight excluding hydrogens is 196 g/mol. The number of hydrogen-bond acceptors (Lipinski definition) is 4. The minimum atomic E-state index is -0.811. The van der Waals surface area contributed by atoms with Crippen molar-refractivity contribution in [3.05, 3.63) is 0 Å². The lowest BCUT2D eigenvalue weighted by molar-refractivity contribution is 0.0267. The van der Waals surface area contributed by atoms with Crippen molar-refractivity contribution in [1.82, 2.24) is 0 Å². The Morgan fingerprint density at radius 3 is 2.47 bits per heavy atom. The molecule has 0 aliphatic heterocycles. The van der Waals surface area contributed by atoms with Gasteiger partial charge >= 0.3 is 6.09 Å². The van der Waals surface area contributed by atoms with Gasteiger partial charge in [-0.25, -0.2) is 4.79 Å². The second kappa shape index (κ2) is 13.2. The molecule has 0 aliphatic carbocycles. The van der Waals surface area contributed by atoms with E-state index in [0.29, 0.717) is 13.2 Å². The van der Waals surface area contributed by atoms with Crippen LogP contribution in [-0.2, 0) is 9.47 Å². The first-order valence-electron chi connectivity index (χ1n) is 5.44. The van der Waals surface area contributed by atoms with Crippen molar-refractivity contribution >= 4 is 6.09 Å². The molecule has 5 heteroatoms. The maximum Gasteiger partial charge on any atom is 0.404 e. The van der Waals surface area contributed by atoms with Gasteiger partial charge in [0.15, 0.2) is 0 Å². The number of amides is 1. The van der Waals surface area contributed by atoms with E-state index in [4.69, 9.17) is 16.2 Å². The van der Waals surface area contributed by atoms with Crippen LogP contribution in [0.1, 0.15) is 35.0 Å². The minimum Gasteiger partial charge on any atom is -0.443 e. The van der Waals surface area contributed by atoms with Crippen LogP contribution in [-0.4, -0.2) is 32.0 Å². The third-order valence-electron chi connectivity index (χ3n) is 1.49. The maximum absolute atomic E-state index is 10.3. The summed E-state index contributed by atoms with van der Waals surface area (Å²) in [7, 11) is 0. The highest BCUT2D eigenvalue weighted by Crippen LogP contribution is 1.94. The van der Waals surface area contributed by atoms with E-state index < -0.39 is 12.2 Å². The number of carbonyl (C=O) groups is 1. The van der Waals surface area contributed by atoms with Gasteiger partial charge in [0.25, 0.3) is 0 Å². The van der Waals surface area contributed by atoms with Crippen molar-refractivity contribution in [3.8, 4) is 0 Å². The van der Waals surface area contributed by atoms with Crippen molar-refractivity contribution in [2.24, 2.45) is 11.5 Å². The average molecular weight is 222 g/mol. The SMILES string of the molecule is CC.CCCCOCC(CN)OC(N)=O.[HH]. The summed E-state index contributed by atoms with van der Waals surface area (Å²) in [5.74, 6) is 0. The molecule has 0 fully saturated rings. The lowest BCUT2D eigenvalue weighted by Crippen LogP contribution is -2.33. The molecule has 0 rings (SSSR count). The van der Waals surface area contributed by atoms with Gasteiger partial charge in [-0.1, -0.05) is 27.2 Å². The highest BCUT2D eigenvalue weighted by Gasteiger charge is 2.09. The highest BCUT2D eigenvalue weighted by molar-refractivity contribution is 5.64. The van der Waals surface area contributed by atoms with Crippen molar-refractivity contribution in [1.29, 1.82) is 0 Å². The molecule has 1 atom stereocenters. The van der Waals surface area contributed by atoms with Gasteiger partial charge in [-0.2, -0.15) is 0 Å². The molecule has 0 radical (unpaired) electrons. The van der Waals surface area contributed by atoms with Crippen LogP contribution in [0.15, 0.2) is 0 Å². The normalized spacial score (nSPS) is 11.2. The Hall–Kier alpha value is -0.810. The zero-order chi connectivity index (χ0) is 12.1. The molecule has 4 N–H and O–H groups in total. The molecule has 15 heavy (non-hydrogen) atoms. The van der Waals surface area contributed by atoms with Crippen LogP contribution in [0.25, 0.3) is 0 Å². The standard InChI is InChI=1S/C8H18N2O3.C2H6.H2/c1-2-3-4-12-6-7(5-9)13-8(10)11;1-2;/h7H,2-6,9H2,1H3,(H2,10,11);1-2H3;1H. The monoisotopic (exact) mass is 222 g/mol. The molecule has 0 saturated heterocycles. The molecule has 0 bridgehead atoms. The lowest BCUT2D eigenvalue weighted by Gasteiger charge is -2.14. The van der Waals surface area contributed by atoms with Crippen LogP contribution in [0.3, 0.4) is 0 Å². The summed E-state index contributed by atoms with van der Waals surface area (Å²) in [5.41, 5.74) is 10.2. The first-order valence-corrected chi connectivity index (χ1v) is 5.44. The number of unbranched alkanes of at least 4 members (excludes halogenated alkanes) is 1. The van der Waals surface area contributed by atoms with E-state index in [2.05, 4.69) is 11.7 Å². The smallest absolute Gasteiger partial charge is 0.404 e. The Bertz CT molecular complexity index is 148.